The summed E-state index contributed by atoms with van der Waals surface area (Å²) in [6, 6.07) is 55.1. The standard InChI is InChI=1S/C43H27N5/c1-4-13-29(14-5-1)36-26-37(30-15-6-2-7-16-30)46-43(45-36)47-39-23-22-33-32-19-11-10-12-28(32)20-21-34(33)41(39)42-35-27-44-48(31-17-8-3-9-18-31)38(35)24-25-40(42)47/h1-27H. The third kappa shape index (κ3) is 4.01. The highest BCUT2D eigenvalue weighted by Crippen LogP contribution is 2.42. The van der Waals surface area contributed by atoms with E-state index >= 15 is 0 Å². The molecule has 5 heteroatoms. The van der Waals surface area contributed by atoms with Gasteiger partial charge in [-0.25, -0.2) is 14.6 Å². The molecule has 10 aromatic rings. The fraction of sp³-hybridized carbons (Fsp3) is 0. The SMILES string of the molecule is c1ccc(-c2cc(-c3ccccc3)nc(-n3c4ccc5c6ccccc6ccc5c4c4c5cnn(-c6ccccc6)c5ccc43)n2)cc1. The summed E-state index contributed by atoms with van der Waals surface area (Å²) in [5.74, 6) is 0.630. The number of hydrogen-bond donors (Lipinski definition) is 0. The van der Waals surface area contributed by atoms with E-state index in [4.69, 9.17) is 15.1 Å². The summed E-state index contributed by atoms with van der Waals surface area (Å²) in [6.45, 7) is 0. The Balaban J connectivity index is 1.35. The van der Waals surface area contributed by atoms with Gasteiger partial charge in [-0.3, -0.25) is 4.57 Å². The molecule has 3 aromatic heterocycles. The average molecular weight is 614 g/mol. The summed E-state index contributed by atoms with van der Waals surface area (Å²) in [5.41, 5.74) is 8.00. The van der Waals surface area contributed by atoms with Gasteiger partial charge in [0.05, 0.1) is 39.8 Å². The quantitative estimate of drug-likeness (QED) is 0.186. The highest BCUT2D eigenvalue weighted by molar-refractivity contribution is 6.30. The lowest BCUT2D eigenvalue weighted by molar-refractivity contribution is 0.911. The molecule has 0 saturated carbocycles. The first-order chi connectivity index (χ1) is 23.8. The van der Waals surface area contributed by atoms with Crippen LogP contribution in [0.2, 0.25) is 0 Å². The van der Waals surface area contributed by atoms with E-state index in [1.54, 1.807) is 0 Å². The summed E-state index contributed by atoms with van der Waals surface area (Å²) in [4.78, 5) is 10.5. The van der Waals surface area contributed by atoms with Crippen LogP contribution in [0.4, 0.5) is 0 Å². The maximum Gasteiger partial charge on any atom is 0.235 e. The predicted octanol–water partition coefficient (Wildman–Crippen LogP) is 10.6. The number of nitrogens with zero attached hydrogens (tertiary/aromatic N) is 5. The molecular formula is C43H27N5. The minimum absolute atomic E-state index is 0.630. The highest BCUT2D eigenvalue weighted by atomic mass is 15.3. The Morgan fingerprint density at radius 2 is 0.979 bits per heavy atom. The fourth-order valence-corrected chi connectivity index (χ4v) is 7.23. The molecule has 10 rings (SSSR count). The van der Waals surface area contributed by atoms with Crippen LogP contribution >= 0.6 is 0 Å². The molecule has 0 saturated heterocycles. The first-order valence-electron chi connectivity index (χ1n) is 16.1. The van der Waals surface area contributed by atoms with Crippen molar-refractivity contribution in [3.63, 3.8) is 0 Å². The van der Waals surface area contributed by atoms with Crippen LogP contribution < -0.4 is 0 Å². The summed E-state index contributed by atoms with van der Waals surface area (Å²) < 4.78 is 4.26. The molecule has 0 aliphatic rings. The molecule has 0 radical (unpaired) electrons. The lowest BCUT2D eigenvalue weighted by Gasteiger charge is -2.12. The molecular weight excluding hydrogens is 587 g/mol. The van der Waals surface area contributed by atoms with Gasteiger partial charge in [0.25, 0.3) is 0 Å². The Morgan fingerprint density at radius 1 is 0.417 bits per heavy atom. The fourth-order valence-electron chi connectivity index (χ4n) is 7.23. The zero-order valence-corrected chi connectivity index (χ0v) is 25.8. The Morgan fingerprint density at radius 3 is 1.69 bits per heavy atom. The van der Waals surface area contributed by atoms with Gasteiger partial charge in [-0.05, 0) is 57.9 Å². The molecule has 5 nitrogen and oxygen atoms in total. The van der Waals surface area contributed by atoms with Gasteiger partial charge < -0.3 is 0 Å². The van der Waals surface area contributed by atoms with E-state index in [1.165, 1.54) is 26.9 Å². The molecule has 0 fully saturated rings. The smallest absolute Gasteiger partial charge is 0.235 e. The Hall–Kier alpha value is -6.59. The largest absolute Gasteiger partial charge is 0.278 e. The Kier molecular flexibility index (Phi) is 5.81. The van der Waals surface area contributed by atoms with Crippen LogP contribution in [-0.2, 0) is 0 Å². The third-order valence-electron chi connectivity index (χ3n) is 9.42. The van der Waals surface area contributed by atoms with Gasteiger partial charge in [-0.15, -0.1) is 0 Å². The van der Waals surface area contributed by atoms with Gasteiger partial charge in [0.2, 0.25) is 5.95 Å². The van der Waals surface area contributed by atoms with E-state index < -0.39 is 0 Å². The molecule has 0 bridgehead atoms. The predicted molar refractivity (Wildman–Crippen MR) is 197 cm³/mol. The lowest BCUT2D eigenvalue weighted by Crippen LogP contribution is -2.04. The summed E-state index contributed by atoms with van der Waals surface area (Å²) in [7, 11) is 0. The van der Waals surface area contributed by atoms with Gasteiger partial charge in [0.15, 0.2) is 0 Å². The molecule has 224 valence electrons. The van der Waals surface area contributed by atoms with E-state index in [-0.39, 0.29) is 0 Å². The Labute approximate surface area is 276 Å². The van der Waals surface area contributed by atoms with Crippen molar-refractivity contribution in [3.8, 4) is 34.2 Å². The molecule has 0 aliphatic carbocycles. The number of fused-ring (bicyclic) bond motifs is 9. The van der Waals surface area contributed by atoms with Gasteiger partial charge in [0.1, 0.15) is 0 Å². The van der Waals surface area contributed by atoms with Crippen molar-refractivity contribution in [2.45, 2.75) is 0 Å². The summed E-state index contributed by atoms with van der Waals surface area (Å²) >= 11 is 0. The topological polar surface area (TPSA) is 48.5 Å². The normalized spacial score (nSPS) is 11.8. The number of aromatic nitrogens is 5. The van der Waals surface area contributed by atoms with Crippen LogP contribution in [0, 0.1) is 0 Å². The van der Waals surface area contributed by atoms with Crippen molar-refractivity contribution in [3.05, 3.63) is 164 Å². The molecule has 48 heavy (non-hydrogen) atoms. The molecule has 0 aliphatic heterocycles. The number of rotatable bonds is 4. The van der Waals surface area contributed by atoms with Gasteiger partial charge >= 0.3 is 0 Å². The molecule has 0 amide bonds. The van der Waals surface area contributed by atoms with Gasteiger partial charge in [0, 0.05) is 27.3 Å². The first kappa shape index (κ1) is 26.6. The van der Waals surface area contributed by atoms with E-state index in [9.17, 15) is 0 Å². The second-order valence-corrected chi connectivity index (χ2v) is 12.1. The number of benzene rings is 7. The minimum Gasteiger partial charge on any atom is -0.278 e. The van der Waals surface area contributed by atoms with Crippen molar-refractivity contribution in [2.75, 3.05) is 0 Å². The second kappa shape index (κ2) is 10.5. The summed E-state index contributed by atoms with van der Waals surface area (Å²) in [5, 5.41) is 13.2. The van der Waals surface area contributed by atoms with Gasteiger partial charge in [-0.2, -0.15) is 5.10 Å². The number of para-hydroxylation sites is 1. The zero-order chi connectivity index (χ0) is 31.6. The molecule has 0 spiro atoms. The van der Waals surface area contributed by atoms with Crippen molar-refractivity contribution < 1.29 is 0 Å². The lowest BCUT2D eigenvalue weighted by atomic mass is 9.97. The van der Waals surface area contributed by atoms with Crippen molar-refractivity contribution in [2.24, 2.45) is 0 Å². The molecule has 3 heterocycles. The van der Waals surface area contributed by atoms with E-state index in [0.29, 0.717) is 5.95 Å². The molecule has 0 atom stereocenters. The van der Waals surface area contributed by atoms with Crippen molar-refractivity contribution >= 4 is 54.3 Å². The third-order valence-corrected chi connectivity index (χ3v) is 9.42. The maximum atomic E-state index is 5.27. The van der Waals surface area contributed by atoms with Crippen molar-refractivity contribution in [1.29, 1.82) is 0 Å². The number of hydrogen-bond acceptors (Lipinski definition) is 3. The van der Waals surface area contributed by atoms with E-state index in [0.717, 1.165) is 55.5 Å². The first-order valence-corrected chi connectivity index (χ1v) is 16.1. The van der Waals surface area contributed by atoms with Crippen molar-refractivity contribution in [1.82, 2.24) is 24.3 Å². The van der Waals surface area contributed by atoms with Gasteiger partial charge in [-0.1, -0.05) is 121 Å². The average Bonchev–Trinajstić information content (AvgIpc) is 3.75. The zero-order valence-electron chi connectivity index (χ0n) is 25.8. The van der Waals surface area contributed by atoms with Crippen LogP contribution in [0.15, 0.2) is 164 Å². The van der Waals surface area contributed by atoms with Crippen LogP contribution in [0.1, 0.15) is 0 Å². The van der Waals surface area contributed by atoms with Crippen LogP contribution in [0.5, 0.6) is 0 Å². The monoisotopic (exact) mass is 613 g/mol. The van der Waals surface area contributed by atoms with Crippen LogP contribution in [-0.4, -0.2) is 24.3 Å². The maximum absolute atomic E-state index is 5.27. The highest BCUT2D eigenvalue weighted by Gasteiger charge is 2.22. The molecule has 0 unspecified atom stereocenters. The Bertz CT molecular complexity index is 2760. The van der Waals surface area contributed by atoms with Crippen LogP contribution in [0.25, 0.3) is 88.4 Å². The van der Waals surface area contributed by atoms with E-state index in [1.807, 2.05) is 41.2 Å². The molecule has 0 N–H and O–H groups in total. The molecule has 7 aromatic carbocycles. The summed E-state index contributed by atoms with van der Waals surface area (Å²) in [6.07, 6.45) is 2.00. The van der Waals surface area contributed by atoms with Crippen LogP contribution in [0.3, 0.4) is 0 Å². The van der Waals surface area contributed by atoms with E-state index in [2.05, 4.69) is 132 Å². The second-order valence-electron chi connectivity index (χ2n) is 12.1. The minimum atomic E-state index is 0.630.